The largest absolute Gasteiger partial charge is 0.321 e. The minimum absolute atomic E-state index is 0.375. The first kappa shape index (κ1) is 10.1. The summed E-state index contributed by atoms with van der Waals surface area (Å²) < 4.78 is 12.0. The van der Waals surface area contributed by atoms with E-state index in [1.54, 1.807) is 7.05 Å². The van der Waals surface area contributed by atoms with Crippen molar-refractivity contribution in [2.45, 2.75) is 0 Å². The smallest absolute Gasteiger partial charge is 0.271 e. The van der Waals surface area contributed by atoms with Gasteiger partial charge in [0.15, 0.2) is 0 Å². The Labute approximate surface area is 69.1 Å². The van der Waals surface area contributed by atoms with Crippen molar-refractivity contribution in [1.29, 1.82) is 0 Å². The van der Waals surface area contributed by atoms with Crippen molar-refractivity contribution in [3.05, 3.63) is 0 Å². The Morgan fingerprint density at radius 2 is 2.00 bits per heavy atom. The lowest BCUT2D eigenvalue weighted by Crippen LogP contribution is -2.12. The van der Waals surface area contributed by atoms with Gasteiger partial charge in [-0.2, -0.15) is 0 Å². The van der Waals surface area contributed by atoms with Crippen LogP contribution in [0.1, 0.15) is 0 Å². The molecule has 0 fully saturated rings. The zero-order valence-corrected chi connectivity index (χ0v) is 8.01. The predicted molar refractivity (Wildman–Crippen MR) is 42.7 cm³/mol. The highest BCUT2D eigenvalue weighted by Crippen LogP contribution is 2.58. The van der Waals surface area contributed by atoms with Crippen LogP contribution in [-0.4, -0.2) is 24.1 Å². The second-order valence-electron chi connectivity index (χ2n) is 1.50. The average Bonchev–Trinajstić information content (AvgIpc) is 1.64. The molecule has 9 heavy (non-hydrogen) atoms. The van der Waals surface area contributed by atoms with Crippen LogP contribution in [0.15, 0.2) is 0 Å². The minimum Gasteiger partial charge on any atom is -0.271 e. The maximum Gasteiger partial charge on any atom is 0.321 e. The number of hydrogen-bond donors (Lipinski definition) is 0. The van der Waals surface area contributed by atoms with Gasteiger partial charge in [-0.05, 0) is 29.5 Å². The molecule has 0 saturated carbocycles. The summed E-state index contributed by atoms with van der Waals surface area (Å²) in [6, 6.07) is 0. The number of nitrogens with zero attached hydrogens (tertiary/aromatic N) is 1. The highest BCUT2D eigenvalue weighted by molar-refractivity contribution is 8.06. The number of rotatable bonds is 3. The molecule has 0 radical (unpaired) electrons. The van der Waals surface area contributed by atoms with Crippen molar-refractivity contribution in [3.63, 3.8) is 0 Å². The molecule has 56 valence electrons. The minimum atomic E-state index is -3.08. The molecule has 0 spiro atoms. The van der Waals surface area contributed by atoms with E-state index >= 15 is 0 Å². The molecule has 0 aromatic carbocycles. The highest BCUT2D eigenvalue weighted by Gasteiger charge is 2.19. The first-order valence-corrected chi connectivity index (χ1v) is 6.26. The summed E-state index contributed by atoms with van der Waals surface area (Å²) in [7, 11) is 1.56. The lowest BCUT2D eigenvalue weighted by Gasteiger charge is -2.14. The second kappa shape index (κ2) is 4.05. The van der Waals surface area contributed by atoms with Crippen molar-refractivity contribution in [1.82, 2.24) is 4.67 Å². The number of alkyl halides is 1. The summed E-state index contributed by atoms with van der Waals surface area (Å²) in [6.45, 7) is 0.436. The third-order valence-electron chi connectivity index (χ3n) is 0.806. The third-order valence-corrected chi connectivity index (χ3v) is 3.52. The Balaban J connectivity index is 3.74. The van der Waals surface area contributed by atoms with Crippen LogP contribution in [0.25, 0.3) is 0 Å². The molecule has 0 atom stereocenters. The molecule has 0 aromatic heterocycles. The molecule has 6 heteroatoms. The van der Waals surface area contributed by atoms with E-state index in [0.29, 0.717) is 12.4 Å². The lowest BCUT2D eigenvalue weighted by atomic mass is 10.8. The van der Waals surface area contributed by atoms with E-state index in [0.717, 1.165) is 0 Å². The maximum atomic E-state index is 10.7. The van der Waals surface area contributed by atoms with Crippen molar-refractivity contribution >= 4 is 40.1 Å². The van der Waals surface area contributed by atoms with Gasteiger partial charge in [0.05, 0.1) is 0 Å². The van der Waals surface area contributed by atoms with Gasteiger partial charge in [-0.1, -0.05) is 0 Å². The molecule has 2 nitrogen and oxygen atoms in total. The normalized spacial score (nSPS) is 12.6. The van der Waals surface area contributed by atoms with Crippen LogP contribution < -0.4 is 0 Å². The summed E-state index contributed by atoms with van der Waals surface area (Å²) in [5.74, 6) is -2.71. The molecule has 0 bridgehead atoms. The van der Waals surface area contributed by atoms with Gasteiger partial charge in [-0.3, -0.25) is 4.57 Å². The van der Waals surface area contributed by atoms with Gasteiger partial charge in [-0.25, -0.2) is 4.67 Å². The first-order valence-electron chi connectivity index (χ1n) is 2.25. The fourth-order valence-electron chi connectivity index (χ4n) is 0.239. The summed E-state index contributed by atoms with van der Waals surface area (Å²) in [5.41, 5.74) is 0. The van der Waals surface area contributed by atoms with E-state index in [4.69, 9.17) is 34.1 Å². The average molecular weight is 210 g/mol. The van der Waals surface area contributed by atoms with Gasteiger partial charge < -0.3 is 0 Å². The quantitative estimate of drug-likeness (QED) is 0.527. The van der Waals surface area contributed by atoms with E-state index in [-0.39, 0.29) is 0 Å². The van der Waals surface area contributed by atoms with Gasteiger partial charge in [0.25, 0.3) is 0 Å². The Morgan fingerprint density at radius 1 is 1.56 bits per heavy atom. The van der Waals surface area contributed by atoms with E-state index in [2.05, 4.69) is 0 Å². The van der Waals surface area contributed by atoms with Gasteiger partial charge in [-0.15, -0.1) is 11.6 Å². The topological polar surface area (TPSA) is 20.3 Å². The zero-order valence-electron chi connectivity index (χ0n) is 4.85. The third kappa shape index (κ3) is 4.46. The molecular weight excluding hydrogens is 203 g/mol. The monoisotopic (exact) mass is 209 g/mol. The maximum absolute atomic E-state index is 10.7. The van der Waals surface area contributed by atoms with Crippen LogP contribution in [0.3, 0.4) is 0 Å². The van der Waals surface area contributed by atoms with Gasteiger partial charge >= 0.3 is 6.00 Å². The number of halogens is 3. The molecule has 0 heterocycles. The van der Waals surface area contributed by atoms with Crippen molar-refractivity contribution in [3.8, 4) is 0 Å². The van der Waals surface area contributed by atoms with Crippen LogP contribution >= 0.6 is 40.1 Å². The van der Waals surface area contributed by atoms with E-state index < -0.39 is 6.00 Å². The van der Waals surface area contributed by atoms with E-state index in [1.165, 1.54) is 4.67 Å². The fraction of sp³-hybridized carbons (Fsp3) is 1.00. The van der Waals surface area contributed by atoms with Crippen LogP contribution in [0.5, 0.6) is 0 Å². The molecule has 0 N–H and O–H groups in total. The highest BCUT2D eigenvalue weighted by atomic mass is 35.9. The Morgan fingerprint density at radius 3 is 2.11 bits per heavy atom. The van der Waals surface area contributed by atoms with Gasteiger partial charge in [0.1, 0.15) is 0 Å². The van der Waals surface area contributed by atoms with Crippen LogP contribution in [0.4, 0.5) is 0 Å². The zero-order chi connectivity index (χ0) is 7.49. The summed E-state index contributed by atoms with van der Waals surface area (Å²) >= 11 is 15.8. The van der Waals surface area contributed by atoms with Crippen molar-refractivity contribution in [2.75, 3.05) is 19.5 Å². The van der Waals surface area contributed by atoms with Crippen molar-refractivity contribution in [2.24, 2.45) is 0 Å². The number of hydrogen-bond acceptors (Lipinski definition) is 1. The van der Waals surface area contributed by atoms with Crippen molar-refractivity contribution < 1.29 is 4.57 Å². The summed E-state index contributed by atoms with van der Waals surface area (Å²) in [4.78, 5) is 0. The van der Waals surface area contributed by atoms with E-state index in [9.17, 15) is 4.57 Å². The molecule has 0 rings (SSSR count). The SMILES string of the molecule is CN(CCCl)P(=O)(Cl)Cl. The van der Waals surface area contributed by atoms with Gasteiger partial charge in [0, 0.05) is 12.4 Å². The lowest BCUT2D eigenvalue weighted by molar-refractivity contribution is 0.511. The van der Waals surface area contributed by atoms with Crippen LogP contribution in [0.2, 0.25) is 0 Å². The second-order valence-corrected chi connectivity index (χ2v) is 6.70. The standard InChI is InChI=1S/C3H7Cl3NOP/c1-7(3-2-4)9(5,6)8/h2-3H2,1H3. The Kier molecular flexibility index (Phi) is 4.52. The molecule has 0 unspecified atom stereocenters. The molecule has 0 aliphatic carbocycles. The predicted octanol–water partition coefficient (Wildman–Crippen LogP) is 2.74. The molecule has 0 aromatic rings. The molecule has 0 aliphatic heterocycles. The molecule has 0 amide bonds. The fourth-order valence-corrected chi connectivity index (χ4v) is 1.40. The molecule has 0 aliphatic rings. The Bertz CT molecular complexity index is 124. The molecular formula is C3H7Cl3NOP. The van der Waals surface area contributed by atoms with Gasteiger partial charge in [0.2, 0.25) is 0 Å². The van der Waals surface area contributed by atoms with E-state index in [1.807, 2.05) is 0 Å². The van der Waals surface area contributed by atoms with Crippen LogP contribution in [0, 0.1) is 0 Å². The summed E-state index contributed by atoms with van der Waals surface area (Å²) in [6.07, 6.45) is 0. The first-order chi connectivity index (χ1) is 3.98. The molecule has 0 saturated heterocycles. The van der Waals surface area contributed by atoms with Crippen LogP contribution in [-0.2, 0) is 4.57 Å². The Hall–Kier alpha value is 1.06. The summed E-state index contributed by atoms with van der Waals surface area (Å²) in [5, 5.41) is 0.